The van der Waals surface area contributed by atoms with Crippen molar-refractivity contribution in [1.82, 2.24) is 26.2 Å². The van der Waals surface area contributed by atoms with E-state index in [4.69, 9.17) is 5.73 Å². The van der Waals surface area contributed by atoms with Gasteiger partial charge >= 0.3 is 0 Å². The van der Waals surface area contributed by atoms with Crippen LogP contribution in [-0.4, -0.2) is 83.4 Å². The predicted molar refractivity (Wildman–Crippen MR) is 283 cm³/mol. The van der Waals surface area contributed by atoms with Gasteiger partial charge in [0.25, 0.3) is 0 Å². The Balaban J connectivity index is -0.000000327. The first kappa shape index (κ1) is 67.4. The van der Waals surface area contributed by atoms with E-state index >= 15 is 0 Å². The van der Waals surface area contributed by atoms with Gasteiger partial charge in [-0.2, -0.15) is 0 Å². The molecule has 0 aromatic rings. The molecule has 0 radical (unpaired) electrons. The molecule has 6 nitrogen and oxygen atoms in total. The third-order valence-electron chi connectivity index (χ3n) is 10.4. The quantitative estimate of drug-likeness (QED) is 0.0482. The molecule has 2 rings (SSSR count). The molecule has 2 aliphatic rings. The lowest BCUT2D eigenvalue weighted by atomic mass is 9.83. The lowest BCUT2D eigenvalue weighted by molar-refractivity contribution is 0.219. The lowest BCUT2D eigenvalue weighted by Crippen LogP contribution is -2.31. The summed E-state index contributed by atoms with van der Waals surface area (Å²) in [6.07, 6.45) is 15.7. The Morgan fingerprint density at radius 3 is 1.07 bits per heavy atom. The molecule has 61 heavy (non-hydrogen) atoms. The fourth-order valence-electron chi connectivity index (χ4n) is 5.93. The summed E-state index contributed by atoms with van der Waals surface area (Å²) in [5.74, 6) is 10.1. The average Bonchev–Trinajstić information content (AvgIpc) is 3.95. The van der Waals surface area contributed by atoms with Crippen LogP contribution in [0.1, 0.15) is 209 Å². The summed E-state index contributed by atoms with van der Waals surface area (Å²) in [6, 6.07) is 0. The van der Waals surface area contributed by atoms with Gasteiger partial charge in [-0.25, -0.2) is 0 Å². The Hall–Kier alpha value is -0.240. The minimum atomic E-state index is 0.662. The first-order valence-corrected chi connectivity index (χ1v) is 26.8. The summed E-state index contributed by atoms with van der Waals surface area (Å²) in [5.41, 5.74) is 5.17. The van der Waals surface area contributed by atoms with Gasteiger partial charge in [0.2, 0.25) is 0 Å². The smallest absolute Gasteiger partial charge is 0.000439 e. The van der Waals surface area contributed by atoms with Gasteiger partial charge in [0, 0.05) is 6.54 Å². The van der Waals surface area contributed by atoms with Crippen LogP contribution in [-0.2, 0) is 0 Å². The van der Waals surface area contributed by atoms with Crippen molar-refractivity contribution in [1.29, 1.82) is 0 Å². The first-order valence-electron chi connectivity index (χ1n) is 26.8. The van der Waals surface area contributed by atoms with Crippen LogP contribution >= 0.6 is 0 Å². The lowest BCUT2D eigenvalue weighted by Gasteiger charge is -2.25. The van der Waals surface area contributed by atoms with Crippen LogP contribution in [0.4, 0.5) is 0 Å². The standard InChI is InChI=1S/C14H31N.2C10H21N.C9H21N.C8H19N.C4H11N/c1-12(2)7-9-15(11-14(5)6)10-8-13(3)4;1-9(2)8-11-7-3-4-10-5-6-10;1-9(2)8-11-7-6-10-4-3-5-10;1-8(2)5-6-10-7-9(3)4;1-7(2)5-9-6-8(3)4;1-4(2)3-5/h12-14H,7-11H2,1-6H3;2*9-11H,3-8H2,1-2H3;8-10H,5-7H2,1-4H3;7-9H,5-6H2,1-4H3;4H,3,5H2,1-2H3. The van der Waals surface area contributed by atoms with Crippen LogP contribution < -0.4 is 27.0 Å². The molecule has 0 aromatic carbocycles. The van der Waals surface area contributed by atoms with Gasteiger partial charge in [0.05, 0.1) is 0 Å². The second kappa shape index (κ2) is 47.7. The Kier molecular flexibility index (Phi) is 52.7. The fourth-order valence-corrected chi connectivity index (χ4v) is 5.93. The second-order valence-corrected chi connectivity index (χ2v) is 23.3. The molecule has 0 aliphatic heterocycles. The molecule has 374 valence electrons. The van der Waals surface area contributed by atoms with E-state index in [1.807, 2.05) is 0 Å². The summed E-state index contributed by atoms with van der Waals surface area (Å²) in [5, 5.41) is 13.8. The van der Waals surface area contributed by atoms with Crippen molar-refractivity contribution < 1.29 is 0 Å². The average molecular weight is 870 g/mol. The van der Waals surface area contributed by atoms with Gasteiger partial charge in [-0.05, 0) is 182 Å². The molecule has 6 heteroatoms. The summed E-state index contributed by atoms with van der Waals surface area (Å²) in [4.78, 5) is 2.64. The van der Waals surface area contributed by atoms with E-state index in [2.05, 4.69) is 165 Å². The van der Waals surface area contributed by atoms with Crippen molar-refractivity contribution >= 4 is 0 Å². The van der Waals surface area contributed by atoms with E-state index in [1.54, 1.807) is 0 Å². The summed E-state index contributed by atoms with van der Waals surface area (Å²) in [7, 11) is 0. The molecule has 2 saturated carbocycles. The van der Waals surface area contributed by atoms with Crippen molar-refractivity contribution in [3.05, 3.63) is 0 Å². The van der Waals surface area contributed by atoms with Crippen LogP contribution in [0, 0.1) is 71.0 Å². The molecule has 0 unspecified atom stereocenters. The summed E-state index contributed by atoms with van der Waals surface area (Å²) < 4.78 is 0. The van der Waals surface area contributed by atoms with Crippen molar-refractivity contribution in [2.24, 2.45) is 76.7 Å². The Bertz CT molecular complexity index is 764. The minimum absolute atomic E-state index is 0.662. The van der Waals surface area contributed by atoms with E-state index in [0.717, 1.165) is 91.3 Å². The van der Waals surface area contributed by atoms with Gasteiger partial charge in [-0.1, -0.05) is 171 Å². The van der Waals surface area contributed by atoms with Crippen LogP contribution in [0.3, 0.4) is 0 Å². The zero-order valence-corrected chi connectivity index (χ0v) is 46.2. The number of hydrogen-bond donors (Lipinski definition) is 5. The molecule has 0 spiro atoms. The number of nitrogens with two attached hydrogens (primary N) is 1. The molecule has 0 amide bonds. The fraction of sp³-hybridized carbons (Fsp3) is 1.00. The van der Waals surface area contributed by atoms with Gasteiger partial charge in [-0.3, -0.25) is 0 Å². The van der Waals surface area contributed by atoms with Crippen LogP contribution in [0.25, 0.3) is 0 Å². The highest BCUT2D eigenvalue weighted by Crippen LogP contribution is 2.33. The molecular weight excluding hydrogens is 745 g/mol. The maximum Gasteiger partial charge on any atom is 0.000439 e. The monoisotopic (exact) mass is 869 g/mol. The summed E-state index contributed by atoms with van der Waals surface area (Å²) in [6.45, 7) is 59.2. The van der Waals surface area contributed by atoms with Crippen LogP contribution in [0.15, 0.2) is 0 Å². The number of rotatable bonds is 29. The number of hydrogen-bond acceptors (Lipinski definition) is 6. The Labute approximate surface area is 389 Å². The molecule has 2 aliphatic carbocycles. The van der Waals surface area contributed by atoms with E-state index in [9.17, 15) is 0 Å². The third-order valence-corrected chi connectivity index (χ3v) is 10.4. The molecule has 0 heterocycles. The van der Waals surface area contributed by atoms with Crippen LogP contribution in [0.5, 0.6) is 0 Å². The molecular formula is C55H124N6. The normalized spacial score (nSPS) is 14.0. The van der Waals surface area contributed by atoms with E-state index < -0.39 is 0 Å². The zero-order chi connectivity index (χ0) is 47.6. The van der Waals surface area contributed by atoms with Crippen LogP contribution in [0.2, 0.25) is 0 Å². The van der Waals surface area contributed by atoms with Gasteiger partial charge in [-0.15, -0.1) is 0 Å². The first-order chi connectivity index (χ1) is 28.5. The molecule has 6 N–H and O–H groups in total. The maximum atomic E-state index is 5.17. The van der Waals surface area contributed by atoms with E-state index in [1.165, 1.54) is 123 Å². The van der Waals surface area contributed by atoms with E-state index in [0.29, 0.717) is 5.92 Å². The Morgan fingerprint density at radius 1 is 0.393 bits per heavy atom. The molecule has 0 saturated heterocycles. The van der Waals surface area contributed by atoms with Gasteiger partial charge in [0.15, 0.2) is 0 Å². The van der Waals surface area contributed by atoms with Crippen molar-refractivity contribution in [3.8, 4) is 0 Å². The zero-order valence-electron chi connectivity index (χ0n) is 46.2. The Morgan fingerprint density at radius 2 is 0.754 bits per heavy atom. The van der Waals surface area contributed by atoms with E-state index in [-0.39, 0.29) is 0 Å². The molecule has 0 aromatic heterocycles. The SMILES string of the molecule is CC(C)CCN(CCC(C)C)CC(C)C.CC(C)CCNCC(C)C.CC(C)CN.CC(C)CNCC(C)C.CC(C)CNCCC1CCC1.CC(C)CNCCCC1CC1. The van der Waals surface area contributed by atoms with Crippen molar-refractivity contribution in [2.75, 3.05) is 78.5 Å². The number of nitrogens with zero attached hydrogens (tertiary/aromatic N) is 1. The van der Waals surface area contributed by atoms with Gasteiger partial charge < -0.3 is 31.9 Å². The van der Waals surface area contributed by atoms with Crippen molar-refractivity contribution in [3.63, 3.8) is 0 Å². The topological polar surface area (TPSA) is 77.4 Å². The maximum absolute atomic E-state index is 5.17. The highest BCUT2D eigenvalue weighted by molar-refractivity contribution is 4.73. The van der Waals surface area contributed by atoms with Gasteiger partial charge in [0.1, 0.15) is 0 Å². The third kappa shape index (κ3) is 71.6. The highest BCUT2D eigenvalue weighted by atomic mass is 15.1. The van der Waals surface area contributed by atoms with Crippen molar-refractivity contribution in [2.45, 2.75) is 209 Å². The summed E-state index contributed by atoms with van der Waals surface area (Å²) >= 11 is 0. The second-order valence-electron chi connectivity index (χ2n) is 23.3. The minimum Gasteiger partial charge on any atom is -0.330 e. The predicted octanol–water partition coefficient (Wildman–Crippen LogP) is 13.6. The highest BCUT2D eigenvalue weighted by Gasteiger charge is 2.20. The largest absolute Gasteiger partial charge is 0.330 e. The molecule has 0 atom stereocenters. The molecule has 0 bridgehead atoms. The molecule has 2 fully saturated rings. The number of nitrogens with one attached hydrogen (secondary N) is 4.